The molecule has 0 aromatic heterocycles. The topological polar surface area (TPSA) is 96.3 Å². The molecule has 9 heteroatoms. The minimum Gasteiger partial charge on any atom is -0.508 e. The number of fused-ring (bicyclic) bond motifs is 3. The molecule has 7 rings (SSSR count). The van der Waals surface area contributed by atoms with Gasteiger partial charge in [-0.15, -0.1) is 0 Å². The summed E-state index contributed by atoms with van der Waals surface area (Å²) in [4.78, 5) is 29.8. The summed E-state index contributed by atoms with van der Waals surface area (Å²) in [5.74, 6) is -0.583. The second-order valence-corrected chi connectivity index (χ2v) is 13.9. The number of imide groups is 1. The van der Waals surface area contributed by atoms with Gasteiger partial charge in [-0.25, -0.2) is 0 Å². The number of benzene rings is 3. The van der Waals surface area contributed by atoms with Crippen molar-refractivity contribution in [3.8, 4) is 11.5 Å². The van der Waals surface area contributed by atoms with E-state index in [0.29, 0.717) is 24.3 Å². The predicted octanol–water partition coefficient (Wildman–Crippen LogP) is 7.58. The largest absolute Gasteiger partial charge is 0.508 e. The molecule has 4 aliphatic rings. The fraction of sp³-hybridized carbons (Fsp3) is 0.385. The van der Waals surface area contributed by atoms with E-state index in [4.69, 9.17) is 21.0 Å². The molecule has 0 unspecified atom stereocenters. The molecule has 3 fully saturated rings. The van der Waals surface area contributed by atoms with Crippen LogP contribution in [0.2, 0.25) is 11.3 Å². The Balaban J connectivity index is 1.23. The van der Waals surface area contributed by atoms with Gasteiger partial charge in [-0.3, -0.25) is 14.5 Å². The van der Waals surface area contributed by atoms with Crippen LogP contribution in [-0.4, -0.2) is 52.7 Å². The molecule has 1 saturated carbocycles. The van der Waals surface area contributed by atoms with Crippen molar-refractivity contribution in [2.24, 2.45) is 17.8 Å². The van der Waals surface area contributed by atoms with E-state index in [-0.39, 0.29) is 42.5 Å². The summed E-state index contributed by atoms with van der Waals surface area (Å²) in [6.07, 6.45) is 8.32. The first kappa shape index (κ1) is 32.7. The zero-order valence-corrected chi connectivity index (χ0v) is 27.7. The van der Waals surface area contributed by atoms with Crippen molar-refractivity contribution in [2.75, 3.05) is 6.61 Å². The maximum atomic E-state index is 14.2. The van der Waals surface area contributed by atoms with Crippen molar-refractivity contribution in [2.45, 2.75) is 69.8 Å². The number of likely N-dealkylation sites (tertiary alicyclic amines) is 1. The average molecular weight is 666 g/mol. The van der Waals surface area contributed by atoms with Crippen LogP contribution in [-0.2, 0) is 14.2 Å². The molecule has 2 heterocycles. The molecular weight excluding hydrogens is 625 g/mol. The summed E-state index contributed by atoms with van der Waals surface area (Å²) in [5.41, 5.74) is 4.82. The van der Waals surface area contributed by atoms with Gasteiger partial charge < -0.3 is 19.5 Å². The van der Waals surface area contributed by atoms with E-state index in [2.05, 4.69) is 0 Å². The summed E-state index contributed by atoms with van der Waals surface area (Å²) < 4.78 is 12.6. The van der Waals surface area contributed by atoms with Crippen molar-refractivity contribution >= 4 is 42.2 Å². The lowest BCUT2D eigenvalue weighted by atomic mass is 9.58. The van der Waals surface area contributed by atoms with E-state index in [9.17, 15) is 19.7 Å². The highest BCUT2D eigenvalue weighted by Gasteiger charge is 2.58. The summed E-state index contributed by atoms with van der Waals surface area (Å²) in [7, 11) is -1.05. The molecule has 2 amide bonds. The Bertz CT molecular complexity index is 1710. The van der Waals surface area contributed by atoms with Crippen LogP contribution in [0, 0.1) is 17.8 Å². The molecule has 48 heavy (non-hydrogen) atoms. The summed E-state index contributed by atoms with van der Waals surface area (Å²) >= 11 is 6.52. The maximum Gasteiger partial charge on any atom is 0.455 e. The first-order valence-corrected chi connectivity index (χ1v) is 17.6. The molecule has 3 aromatic carbocycles. The van der Waals surface area contributed by atoms with E-state index in [0.717, 1.165) is 65.7 Å². The van der Waals surface area contributed by atoms with Gasteiger partial charge in [-0.05, 0) is 109 Å². The van der Waals surface area contributed by atoms with E-state index in [1.165, 1.54) is 6.07 Å². The monoisotopic (exact) mass is 665 g/mol. The molecule has 2 saturated heterocycles. The number of phenols is 1. The van der Waals surface area contributed by atoms with E-state index < -0.39 is 25.1 Å². The minimum absolute atomic E-state index is 0.0392. The Morgan fingerprint density at radius 1 is 0.958 bits per heavy atom. The van der Waals surface area contributed by atoms with E-state index >= 15 is 0 Å². The molecule has 0 bridgehead atoms. The highest BCUT2D eigenvalue weighted by atomic mass is 35.5. The molecule has 2 N–H and O–H groups in total. The van der Waals surface area contributed by atoms with Crippen molar-refractivity contribution in [1.82, 2.24) is 4.90 Å². The standard InChI is InChI=1S/C39H41BClNO6/c41-34-22-30(43)18-16-27(34)20-26(25-10-4-1-5-11-25)17-19-35-36-28(24-47-31-14-8-3-9-15-31)21-32-37(33(36)23-40(46)48-35)39(45)42(38(32)44)29-12-6-2-7-13-29/h1,3-5,8-11,14-16,18,20,22,29,32-33,35,37,43,46H,2,6-7,12-13,17,19,21,23-24H2/b26-20-/t32-,33+,35-,37-/m1/s1. The molecule has 2 aliphatic carbocycles. The molecule has 2 aliphatic heterocycles. The Hall–Kier alpha value is -3.85. The highest BCUT2D eigenvalue weighted by Crippen LogP contribution is 2.51. The number of phenolic OH excluding ortho intramolecular Hbond substituents is 1. The van der Waals surface area contributed by atoms with E-state index in [1.54, 1.807) is 17.0 Å². The van der Waals surface area contributed by atoms with Crippen LogP contribution in [0.15, 0.2) is 90.0 Å². The number of rotatable bonds is 9. The number of amides is 2. The van der Waals surface area contributed by atoms with Gasteiger partial charge in [-0.1, -0.05) is 79.4 Å². The number of halogens is 1. The number of hydrogen-bond acceptors (Lipinski definition) is 6. The van der Waals surface area contributed by atoms with Crippen molar-refractivity contribution in [3.63, 3.8) is 0 Å². The molecule has 248 valence electrons. The van der Waals surface area contributed by atoms with Gasteiger partial charge in [0.1, 0.15) is 18.1 Å². The quantitative estimate of drug-likeness (QED) is 0.106. The molecule has 0 radical (unpaired) electrons. The smallest absolute Gasteiger partial charge is 0.455 e. The third-order valence-electron chi connectivity index (χ3n) is 10.6. The Morgan fingerprint density at radius 3 is 2.42 bits per heavy atom. The Labute approximate surface area is 287 Å². The number of para-hydroxylation sites is 1. The number of allylic oxidation sites excluding steroid dienone is 1. The van der Waals surface area contributed by atoms with Gasteiger partial charge in [0.2, 0.25) is 11.8 Å². The van der Waals surface area contributed by atoms with Gasteiger partial charge in [0.05, 0.1) is 23.0 Å². The van der Waals surface area contributed by atoms with Gasteiger partial charge in [0.25, 0.3) is 0 Å². The molecule has 4 atom stereocenters. The lowest BCUT2D eigenvalue weighted by molar-refractivity contribution is -0.143. The van der Waals surface area contributed by atoms with Gasteiger partial charge >= 0.3 is 7.12 Å². The fourth-order valence-corrected chi connectivity index (χ4v) is 8.60. The van der Waals surface area contributed by atoms with Gasteiger partial charge in [0, 0.05) is 6.04 Å². The summed E-state index contributed by atoms with van der Waals surface area (Å²) in [6.45, 7) is 0.282. The second kappa shape index (κ2) is 14.3. The molecular formula is C39H41BClNO6. The number of carbonyl (C=O) groups excluding carboxylic acids is 2. The first-order chi connectivity index (χ1) is 23.4. The molecule has 0 spiro atoms. The lowest BCUT2D eigenvalue weighted by Crippen LogP contribution is -2.47. The first-order valence-electron chi connectivity index (χ1n) is 17.2. The molecule has 3 aromatic rings. The Kier molecular flexibility index (Phi) is 9.76. The average Bonchev–Trinajstić information content (AvgIpc) is 3.36. The minimum atomic E-state index is -1.05. The SMILES string of the molecule is O=C1[C@@H]2[C@@H](CC(COc3ccccc3)=C3[C@@H](CC/C(=C/c4ccc(O)cc4Cl)c4ccccc4)OB(O)C[C@@H]32)C(=O)N1C1CCCCC1. The van der Waals surface area contributed by atoms with Crippen LogP contribution in [0.25, 0.3) is 11.6 Å². The zero-order chi connectivity index (χ0) is 33.2. The second-order valence-electron chi connectivity index (χ2n) is 13.5. The van der Waals surface area contributed by atoms with Crippen molar-refractivity contribution in [1.29, 1.82) is 0 Å². The van der Waals surface area contributed by atoms with Crippen LogP contribution in [0.3, 0.4) is 0 Å². The summed E-state index contributed by atoms with van der Waals surface area (Å²) in [6, 6.07) is 24.5. The van der Waals surface area contributed by atoms with Crippen LogP contribution < -0.4 is 4.74 Å². The number of nitrogens with zero attached hydrogens (tertiary/aromatic N) is 1. The maximum absolute atomic E-state index is 14.2. The summed E-state index contributed by atoms with van der Waals surface area (Å²) in [5, 5.41) is 21.5. The molecule has 7 nitrogen and oxygen atoms in total. The van der Waals surface area contributed by atoms with Crippen LogP contribution in [0.4, 0.5) is 0 Å². The number of hydrogen-bond donors (Lipinski definition) is 2. The van der Waals surface area contributed by atoms with Crippen LogP contribution in [0.1, 0.15) is 62.5 Å². The highest BCUT2D eigenvalue weighted by molar-refractivity contribution is 6.43. The third-order valence-corrected chi connectivity index (χ3v) is 10.9. The van der Waals surface area contributed by atoms with Crippen molar-refractivity contribution < 1.29 is 29.1 Å². The van der Waals surface area contributed by atoms with Crippen LogP contribution in [0.5, 0.6) is 11.5 Å². The Morgan fingerprint density at radius 2 is 1.69 bits per heavy atom. The van der Waals surface area contributed by atoms with Crippen molar-refractivity contribution in [3.05, 3.63) is 106 Å². The van der Waals surface area contributed by atoms with Crippen LogP contribution >= 0.6 is 11.6 Å². The zero-order valence-electron chi connectivity index (χ0n) is 27.0. The number of carbonyl (C=O) groups is 2. The van der Waals surface area contributed by atoms with E-state index in [1.807, 2.05) is 66.7 Å². The fourth-order valence-electron chi connectivity index (χ4n) is 8.37. The predicted molar refractivity (Wildman–Crippen MR) is 187 cm³/mol. The lowest BCUT2D eigenvalue weighted by Gasteiger charge is -2.43. The third kappa shape index (κ3) is 6.71. The van der Waals surface area contributed by atoms with Gasteiger partial charge in [-0.2, -0.15) is 0 Å². The number of ether oxygens (including phenoxy) is 1. The van der Waals surface area contributed by atoms with Gasteiger partial charge in [0.15, 0.2) is 0 Å². The normalized spacial score (nSPS) is 24.9. The number of aromatic hydroxyl groups is 1.